The Balaban J connectivity index is 1.72. The molecule has 0 saturated carbocycles. The highest BCUT2D eigenvalue weighted by Gasteiger charge is 2.28. The number of hydrogen-bond donors (Lipinski definition) is 3. The summed E-state index contributed by atoms with van der Waals surface area (Å²) in [5, 5.41) is 17.0. The van der Waals surface area contributed by atoms with E-state index in [9.17, 15) is 23.9 Å². The number of rotatable bonds is 11. The van der Waals surface area contributed by atoms with Crippen LogP contribution in [0.15, 0.2) is 48.5 Å². The zero-order valence-corrected chi connectivity index (χ0v) is 22.8. The van der Waals surface area contributed by atoms with E-state index in [1.165, 1.54) is 23.1 Å². The molecule has 0 bridgehead atoms. The van der Waals surface area contributed by atoms with Crippen molar-refractivity contribution in [2.24, 2.45) is 11.3 Å². The van der Waals surface area contributed by atoms with Gasteiger partial charge < -0.3 is 20.6 Å². The third kappa shape index (κ3) is 8.38. The zero-order valence-electron chi connectivity index (χ0n) is 22.8. The van der Waals surface area contributed by atoms with E-state index in [1.54, 1.807) is 6.92 Å². The number of aliphatic hydroxyl groups excluding tert-OH is 1. The number of hydrogen-bond acceptors (Lipinski definition) is 4. The Labute approximate surface area is 224 Å². The normalized spacial score (nSPS) is 16.2. The van der Waals surface area contributed by atoms with Gasteiger partial charge in [-0.2, -0.15) is 0 Å². The predicted octanol–water partition coefficient (Wildman–Crippen LogP) is 4.23. The molecule has 1 heterocycles. The highest BCUT2D eigenvalue weighted by molar-refractivity contribution is 5.99. The van der Waals surface area contributed by atoms with Crippen molar-refractivity contribution in [2.75, 3.05) is 18.0 Å². The molecule has 3 unspecified atom stereocenters. The van der Waals surface area contributed by atoms with Crippen molar-refractivity contribution in [1.82, 2.24) is 10.6 Å². The number of amides is 3. The first-order valence-electron chi connectivity index (χ1n) is 13.3. The van der Waals surface area contributed by atoms with Crippen LogP contribution in [0.4, 0.5) is 10.1 Å². The molecule has 0 radical (unpaired) electrons. The van der Waals surface area contributed by atoms with E-state index in [4.69, 9.17) is 0 Å². The number of benzene rings is 2. The largest absolute Gasteiger partial charge is 0.391 e. The molecule has 38 heavy (non-hydrogen) atoms. The van der Waals surface area contributed by atoms with Gasteiger partial charge in [0.05, 0.1) is 17.8 Å². The summed E-state index contributed by atoms with van der Waals surface area (Å²) in [4.78, 5) is 39.4. The van der Waals surface area contributed by atoms with E-state index in [0.29, 0.717) is 32.4 Å². The van der Waals surface area contributed by atoms with Crippen LogP contribution in [0.3, 0.4) is 0 Å². The fraction of sp³-hybridized carbons (Fsp3) is 0.500. The summed E-state index contributed by atoms with van der Waals surface area (Å²) >= 11 is 0. The number of carbonyl (C=O) groups excluding carboxylic acids is 3. The summed E-state index contributed by atoms with van der Waals surface area (Å²) < 4.78 is 14.5. The van der Waals surface area contributed by atoms with Crippen molar-refractivity contribution in [2.45, 2.75) is 71.9 Å². The van der Waals surface area contributed by atoms with Crippen molar-refractivity contribution in [1.29, 1.82) is 0 Å². The minimum absolute atomic E-state index is 0.0841. The van der Waals surface area contributed by atoms with E-state index >= 15 is 0 Å². The van der Waals surface area contributed by atoms with E-state index < -0.39 is 29.8 Å². The maximum Gasteiger partial charge on any atom is 0.251 e. The maximum absolute atomic E-state index is 14.5. The Morgan fingerprint density at radius 3 is 2.47 bits per heavy atom. The quantitative estimate of drug-likeness (QED) is 0.409. The molecule has 1 aliphatic rings. The van der Waals surface area contributed by atoms with Crippen molar-refractivity contribution in [3.05, 3.63) is 65.5 Å². The Kier molecular flexibility index (Phi) is 10.0. The second kappa shape index (κ2) is 13.0. The molecule has 1 aliphatic heterocycles. The first kappa shape index (κ1) is 29.3. The molecule has 2 aromatic rings. The highest BCUT2D eigenvalue weighted by Crippen LogP contribution is 2.26. The molecule has 1 fully saturated rings. The van der Waals surface area contributed by atoms with E-state index in [2.05, 4.69) is 31.4 Å². The van der Waals surface area contributed by atoms with Gasteiger partial charge in [0.1, 0.15) is 5.82 Å². The van der Waals surface area contributed by atoms with Crippen LogP contribution in [0, 0.1) is 17.2 Å². The SMILES string of the molecule is CC(CC(O)C(Cc1ccccc1)NC(=O)c1ccc(F)c(N2CCCC2=O)c1)C(=O)NCCC(C)(C)C. The molecular weight excluding hydrogens is 485 g/mol. The second-order valence-corrected chi connectivity index (χ2v) is 11.4. The van der Waals surface area contributed by atoms with Gasteiger partial charge in [0.15, 0.2) is 0 Å². The molecule has 0 aliphatic carbocycles. The fourth-order valence-electron chi connectivity index (χ4n) is 4.54. The van der Waals surface area contributed by atoms with Crippen LogP contribution < -0.4 is 15.5 Å². The molecule has 3 rings (SSSR count). The summed E-state index contributed by atoms with van der Waals surface area (Å²) in [6.45, 7) is 9.05. The highest BCUT2D eigenvalue weighted by atomic mass is 19.1. The third-order valence-electron chi connectivity index (χ3n) is 6.87. The average Bonchev–Trinajstić information content (AvgIpc) is 3.29. The standard InChI is InChI=1S/C30H40FN3O4/c1-20(28(37)32-15-14-30(2,3)4)17-26(35)24(18-21-9-6-5-7-10-21)33-29(38)22-12-13-23(31)25(19-22)34-16-8-11-27(34)36/h5-7,9-10,12-13,19-20,24,26,35H,8,11,14-18H2,1-4H3,(H,32,37)(H,33,38). The van der Waals surface area contributed by atoms with Crippen LogP contribution in [-0.2, 0) is 16.0 Å². The molecule has 3 atom stereocenters. The second-order valence-electron chi connectivity index (χ2n) is 11.4. The van der Waals surface area contributed by atoms with Gasteiger partial charge in [-0.05, 0) is 54.9 Å². The average molecular weight is 526 g/mol. The molecule has 206 valence electrons. The van der Waals surface area contributed by atoms with Crippen molar-refractivity contribution in [3.8, 4) is 0 Å². The molecule has 3 N–H and O–H groups in total. The predicted molar refractivity (Wildman–Crippen MR) is 146 cm³/mol. The topological polar surface area (TPSA) is 98.7 Å². The van der Waals surface area contributed by atoms with Crippen LogP contribution in [0.1, 0.15) is 69.3 Å². The molecule has 7 nitrogen and oxygen atoms in total. The molecule has 8 heteroatoms. The minimum Gasteiger partial charge on any atom is -0.391 e. The van der Waals surface area contributed by atoms with Crippen LogP contribution >= 0.6 is 0 Å². The summed E-state index contributed by atoms with van der Waals surface area (Å²) in [5.41, 5.74) is 1.30. The van der Waals surface area contributed by atoms with Gasteiger partial charge in [-0.1, -0.05) is 58.0 Å². The number of nitrogens with zero attached hydrogens (tertiary/aromatic N) is 1. The lowest BCUT2D eigenvalue weighted by Crippen LogP contribution is -2.46. The molecule has 0 spiro atoms. The lowest BCUT2D eigenvalue weighted by molar-refractivity contribution is -0.125. The van der Waals surface area contributed by atoms with Gasteiger partial charge in [-0.3, -0.25) is 14.4 Å². The third-order valence-corrected chi connectivity index (χ3v) is 6.87. The summed E-state index contributed by atoms with van der Waals surface area (Å²) in [6.07, 6.45) is 1.35. The smallest absolute Gasteiger partial charge is 0.251 e. The minimum atomic E-state index is -0.998. The van der Waals surface area contributed by atoms with Crippen LogP contribution in [0.2, 0.25) is 0 Å². The van der Waals surface area contributed by atoms with Crippen molar-refractivity contribution < 1.29 is 23.9 Å². The fourth-order valence-corrected chi connectivity index (χ4v) is 4.54. The molecule has 3 amide bonds. The number of carbonyl (C=O) groups is 3. The Bertz CT molecular complexity index is 1120. The van der Waals surface area contributed by atoms with Gasteiger partial charge in [-0.15, -0.1) is 0 Å². The summed E-state index contributed by atoms with van der Waals surface area (Å²) in [7, 11) is 0. The van der Waals surface area contributed by atoms with Crippen molar-refractivity contribution in [3.63, 3.8) is 0 Å². The number of aliphatic hydroxyl groups is 1. The van der Waals surface area contributed by atoms with Crippen LogP contribution in [0.25, 0.3) is 0 Å². The lowest BCUT2D eigenvalue weighted by Gasteiger charge is -2.27. The summed E-state index contributed by atoms with van der Waals surface area (Å²) in [6, 6.07) is 12.7. The van der Waals surface area contributed by atoms with Gasteiger partial charge in [0, 0.05) is 31.0 Å². The Morgan fingerprint density at radius 1 is 1.13 bits per heavy atom. The number of nitrogens with one attached hydrogen (secondary N) is 2. The van der Waals surface area contributed by atoms with Crippen LogP contribution in [-0.4, -0.2) is 48.1 Å². The molecule has 1 saturated heterocycles. The van der Waals surface area contributed by atoms with Crippen LogP contribution in [0.5, 0.6) is 0 Å². The van der Waals surface area contributed by atoms with Gasteiger partial charge >= 0.3 is 0 Å². The van der Waals surface area contributed by atoms with Gasteiger partial charge in [-0.25, -0.2) is 4.39 Å². The monoisotopic (exact) mass is 525 g/mol. The maximum atomic E-state index is 14.5. The zero-order chi connectivity index (χ0) is 27.9. The van der Waals surface area contributed by atoms with Gasteiger partial charge in [0.25, 0.3) is 5.91 Å². The van der Waals surface area contributed by atoms with Crippen molar-refractivity contribution >= 4 is 23.4 Å². The number of anilines is 1. The lowest BCUT2D eigenvalue weighted by atomic mass is 9.91. The van der Waals surface area contributed by atoms with E-state index in [-0.39, 0.29) is 34.9 Å². The molecule has 2 aromatic carbocycles. The van der Waals surface area contributed by atoms with E-state index in [1.807, 2.05) is 30.3 Å². The first-order chi connectivity index (χ1) is 17.9. The Hall–Kier alpha value is -3.26. The van der Waals surface area contributed by atoms with E-state index in [0.717, 1.165) is 12.0 Å². The molecule has 0 aromatic heterocycles. The molecular formula is C30H40FN3O4. The number of halogens is 1. The van der Waals surface area contributed by atoms with Gasteiger partial charge in [0.2, 0.25) is 11.8 Å². The Morgan fingerprint density at radius 2 is 1.84 bits per heavy atom. The summed E-state index contributed by atoms with van der Waals surface area (Å²) in [5.74, 6) is -1.83. The first-order valence-corrected chi connectivity index (χ1v) is 13.3.